The summed E-state index contributed by atoms with van der Waals surface area (Å²) < 4.78 is 1.13. The number of aromatic hydroxyl groups is 1. The number of rotatable bonds is 2. The molecule has 1 aromatic heterocycles. The smallest absolute Gasteiger partial charge is 0.335 e. The number of hydrogen-bond acceptors (Lipinski definition) is 4. The third-order valence-corrected chi connectivity index (χ3v) is 4.81. The van der Waals surface area contributed by atoms with Crippen molar-refractivity contribution in [3.05, 3.63) is 91.6 Å². The Morgan fingerprint density at radius 1 is 1.08 bits per heavy atom. The third-order valence-electron chi connectivity index (χ3n) is 4.81. The van der Waals surface area contributed by atoms with Gasteiger partial charge in [-0.25, -0.2) is 9.36 Å². The van der Waals surface area contributed by atoms with Crippen LogP contribution >= 0.6 is 0 Å². The predicted molar refractivity (Wildman–Crippen MR) is 99.1 cm³/mol. The maximum Gasteiger partial charge on any atom is 0.335 e. The zero-order valence-electron chi connectivity index (χ0n) is 14.3. The van der Waals surface area contributed by atoms with Crippen LogP contribution in [-0.2, 0) is 6.42 Å². The standard InChI is InChI=1S/C20H19N3O3/c1-12-6-8-14(9-7-12)23-19(25)16(18(24)22-20(23)26)17-15-5-3-2-4-13(15)10-11-21-17/h2-9,17,21,25H,10-11H2,1H3,(H,22,24,26). The van der Waals surface area contributed by atoms with Crippen LogP contribution in [0.3, 0.4) is 0 Å². The Morgan fingerprint density at radius 3 is 2.58 bits per heavy atom. The van der Waals surface area contributed by atoms with Crippen LogP contribution in [0.5, 0.6) is 5.88 Å². The van der Waals surface area contributed by atoms with Gasteiger partial charge in [0.1, 0.15) is 0 Å². The molecule has 0 fully saturated rings. The van der Waals surface area contributed by atoms with Crippen LogP contribution in [-0.4, -0.2) is 21.2 Å². The van der Waals surface area contributed by atoms with Gasteiger partial charge in [0.25, 0.3) is 5.56 Å². The molecule has 0 saturated carbocycles. The molecule has 2 heterocycles. The summed E-state index contributed by atoms with van der Waals surface area (Å²) in [4.78, 5) is 27.2. The van der Waals surface area contributed by atoms with Crippen molar-refractivity contribution in [2.75, 3.05) is 6.54 Å². The average molecular weight is 349 g/mol. The molecule has 0 spiro atoms. The lowest BCUT2D eigenvalue weighted by molar-refractivity contribution is 0.410. The lowest BCUT2D eigenvalue weighted by Gasteiger charge is -2.27. The van der Waals surface area contributed by atoms with E-state index in [0.29, 0.717) is 12.2 Å². The SMILES string of the molecule is Cc1ccc(-n2c(O)c(C3NCCc4ccccc43)c(=O)[nH]c2=O)cc1. The van der Waals surface area contributed by atoms with E-state index in [9.17, 15) is 14.7 Å². The summed E-state index contributed by atoms with van der Waals surface area (Å²) in [6.45, 7) is 2.62. The van der Waals surface area contributed by atoms with Crippen LogP contribution in [0, 0.1) is 6.92 Å². The fraction of sp³-hybridized carbons (Fsp3) is 0.200. The molecule has 0 bridgehead atoms. The summed E-state index contributed by atoms with van der Waals surface area (Å²) in [5.41, 5.74) is 2.51. The van der Waals surface area contributed by atoms with Crippen LogP contribution < -0.4 is 16.6 Å². The quantitative estimate of drug-likeness (QED) is 0.658. The van der Waals surface area contributed by atoms with Crippen LogP contribution in [0.15, 0.2) is 58.1 Å². The summed E-state index contributed by atoms with van der Waals surface area (Å²) in [7, 11) is 0. The minimum absolute atomic E-state index is 0.150. The van der Waals surface area contributed by atoms with Crippen molar-refractivity contribution in [2.45, 2.75) is 19.4 Å². The highest BCUT2D eigenvalue weighted by Gasteiger charge is 2.28. The minimum atomic E-state index is -0.663. The normalized spacial score (nSPS) is 16.3. The van der Waals surface area contributed by atoms with Crippen molar-refractivity contribution in [1.82, 2.24) is 14.9 Å². The van der Waals surface area contributed by atoms with Crippen LogP contribution in [0.2, 0.25) is 0 Å². The van der Waals surface area contributed by atoms with E-state index in [1.807, 2.05) is 43.3 Å². The second kappa shape index (κ2) is 6.31. The molecule has 1 aliphatic heterocycles. The highest BCUT2D eigenvalue weighted by atomic mass is 16.3. The molecule has 1 aliphatic rings. The topological polar surface area (TPSA) is 87.1 Å². The molecule has 2 aromatic carbocycles. The first-order valence-electron chi connectivity index (χ1n) is 8.52. The average Bonchev–Trinajstić information content (AvgIpc) is 2.63. The van der Waals surface area contributed by atoms with Gasteiger partial charge in [-0.3, -0.25) is 9.78 Å². The van der Waals surface area contributed by atoms with E-state index in [-0.39, 0.29) is 11.4 Å². The Kier molecular flexibility index (Phi) is 3.97. The largest absolute Gasteiger partial charge is 0.494 e. The fourth-order valence-corrected chi connectivity index (χ4v) is 3.49. The highest BCUT2D eigenvalue weighted by Crippen LogP contribution is 2.31. The monoisotopic (exact) mass is 349 g/mol. The zero-order valence-corrected chi connectivity index (χ0v) is 14.3. The first kappa shape index (κ1) is 16.4. The van der Waals surface area contributed by atoms with Gasteiger partial charge < -0.3 is 10.4 Å². The van der Waals surface area contributed by atoms with Crippen molar-refractivity contribution in [2.24, 2.45) is 0 Å². The molecule has 4 rings (SSSR count). The lowest BCUT2D eigenvalue weighted by atomic mass is 9.90. The molecule has 1 atom stereocenters. The molecule has 6 nitrogen and oxygen atoms in total. The first-order chi connectivity index (χ1) is 12.6. The van der Waals surface area contributed by atoms with Gasteiger partial charge in [-0.1, -0.05) is 42.0 Å². The summed E-state index contributed by atoms with van der Waals surface area (Å²) in [6, 6.07) is 14.5. The van der Waals surface area contributed by atoms with Gasteiger partial charge in [-0.15, -0.1) is 0 Å². The molecule has 0 amide bonds. The van der Waals surface area contributed by atoms with Crippen LogP contribution in [0.25, 0.3) is 5.69 Å². The fourth-order valence-electron chi connectivity index (χ4n) is 3.49. The van der Waals surface area contributed by atoms with E-state index in [4.69, 9.17) is 0 Å². The number of nitrogens with one attached hydrogen (secondary N) is 2. The van der Waals surface area contributed by atoms with E-state index in [1.165, 1.54) is 0 Å². The number of H-pyrrole nitrogens is 1. The molecular formula is C20H19N3O3. The second-order valence-electron chi connectivity index (χ2n) is 6.50. The van der Waals surface area contributed by atoms with Gasteiger partial charge >= 0.3 is 5.69 Å². The molecule has 26 heavy (non-hydrogen) atoms. The summed E-state index contributed by atoms with van der Waals surface area (Å²) in [5.74, 6) is -0.336. The van der Waals surface area contributed by atoms with E-state index in [2.05, 4.69) is 10.3 Å². The molecule has 1 unspecified atom stereocenters. The Bertz CT molecular complexity index is 1080. The lowest BCUT2D eigenvalue weighted by Crippen LogP contribution is -2.38. The van der Waals surface area contributed by atoms with E-state index in [1.54, 1.807) is 12.1 Å². The number of aromatic nitrogens is 2. The minimum Gasteiger partial charge on any atom is -0.494 e. The molecule has 3 N–H and O–H groups in total. The van der Waals surface area contributed by atoms with Gasteiger partial charge in [-0.05, 0) is 36.6 Å². The van der Waals surface area contributed by atoms with Gasteiger partial charge in [-0.2, -0.15) is 0 Å². The Morgan fingerprint density at radius 2 is 1.81 bits per heavy atom. The number of hydrogen-bond donors (Lipinski definition) is 3. The van der Waals surface area contributed by atoms with Gasteiger partial charge in [0.2, 0.25) is 5.88 Å². The highest BCUT2D eigenvalue weighted by molar-refractivity contribution is 5.45. The van der Waals surface area contributed by atoms with E-state index in [0.717, 1.165) is 27.7 Å². The molecule has 3 aromatic rings. The summed E-state index contributed by atoms with van der Waals surface area (Å²) >= 11 is 0. The Balaban J connectivity index is 1.94. The molecule has 0 saturated heterocycles. The predicted octanol–water partition coefficient (Wildman–Crippen LogP) is 1.77. The third kappa shape index (κ3) is 2.64. The van der Waals surface area contributed by atoms with E-state index >= 15 is 0 Å². The number of benzene rings is 2. The van der Waals surface area contributed by atoms with Crippen molar-refractivity contribution in [1.29, 1.82) is 0 Å². The van der Waals surface area contributed by atoms with Crippen molar-refractivity contribution in [3.8, 4) is 11.6 Å². The summed E-state index contributed by atoms with van der Waals surface area (Å²) in [5, 5.41) is 14.1. The zero-order chi connectivity index (χ0) is 18.3. The number of aryl methyl sites for hydroxylation is 1. The molecule has 132 valence electrons. The molecule has 0 radical (unpaired) electrons. The molecule has 6 heteroatoms. The number of aromatic amines is 1. The van der Waals surface area contributed by atoms with Gasteiger partial charge in [0.15, 0.2) is 0 Å². The van der Waals surface area contributed by atoms with Crippen LogP contribution in [0.4, 0.5) is 0 Å². The van der Waals surface area contributed by atoms with E-state index < -0.39 is 17.3 Å². The molecule has 0 aliphatic carbocycles. The van der Waals surface area contributed by atoms with Gasteiger partial charge in [0.05, 0.1) is 17.3 Å². The molecular weight excluding hydrogens is 330 g/mol. The first-order valence-corrected chi connectivity index (χ1v) is 8.52. The summed E-state index contributed by atoms with van der Waals surface area (Å²) in [6.07, 6.45) is 0.850. The maximum atomic E-state index is 12.5. The van der Waals surface area contributed by atoms with Crippen molar-refractivity contribution >= 4 is 0 Å². The Labute approximate surface area is 149 Å². The van der Waals surface area contributed by atoms with Crippen molar-refractivity contribution in [3.63, 3.8) is 0 Å². The number of fused-ring (bicyclic) bond motifs is 1. The van der Waals surface area contributed by atoms with Gasteiger partial charge in [0, 0.05) is 6.54 Å². The Hall–Kier alpha value is -3.12. The van der Waals surface area contributed by atoms with Crippen LogP contribution in [0.1, 0.15) is 28.3 Å². The van der Waals surface area contributed by atoms with Crippen molar-refractivity contribution < 1.29 is 5.11 Å². The number of nitrogens with zero attached hydrogens (tertiary/aromatic N) is 1. The second-order valence-corrected chi connectivity index (χ2v) is 6.50. The maximum absolute atomic E-state index is 12.5.